The molecule has 25 heavy (non-hydrogen) atoms. The van der Waals surface area contributed by atoms with Crippen molar-refractivity contribution in [3.8, 4) is 5.75 Å². The van der Waals surface area contributed by atoms with Crippen LogP contribution in [-0.2, 0) is 14.8 Å². The molecule has 8 nitrogen and oxygen atoms in total. The Morgan fingerprint density at radius 1 is 1.24 bits per heavy atom. The van der Waals surface area contributed by atoms with Crippen LogP contribution in [0.3, 0.4) is 0 Å². The second kappa shape index (κ2) is 6.91. The van der Waals surface area contributed by atoms with E-state index in [-0.39, 0.29) is 16.9 Å². The number of benzene rings is 1. The van der Waals surface area contributed by atoms with Crippen LogP contribution < -0.4 is 14.5 Å². The Kier molecular flexibility index (Phi) is 5.01. The lowest BCUT2D eigenvalue weighted by Gasteiger charge is -2.34. The van der Waals surface area contributed by atoms with Crippen molar-refractivity contribution in [2.45, 2.75) is 24.8 Å². The lowest BCUT2D eigenvalue weighted by molar-refractivity contribution is -0.117. The van der Waals surface area contributed by atoms with E-state index < -0.39 is 10.0 Å². The number of hydrazine groups is 1. The molecule has 0 aromatic heterocycles. The minimum absolute atomic E-state index is 0.120. The van der Waals surface area contributed by atoms with Gasteiger partial charge in [0.2, 0.25) is 5.91 Å². The number of fused-ring (bicyclic) bond motifs is 1. The van der Waals surface area contributed by atoms with Gasteiger partial charge in [-0.2, -0.15) is 0 Å². The second-order valence-electron chi connectivity index (χ2n) is 6.57. The van der Waals surface area contributed by atoms with E-state index in [1.54, 1.807) is 16.0 Å². The van der Waals surface area contributed by atoms with Gasteiger partial charge in [-0.25, -0.2) is 13.4 Å². The highest BCUT2D eigenvalue weighted by molar-refractivity contribution is 7.89. The van der Waals surface area contributed by atoms with Gasteiger partial charge in [-0.1, -0.05) is 0 Å². The summed E-state index contributed by atoms with van der Waals surface area (Å²) in [5, 5.41) is 1.70. The third-order valence-electron chi connectivity index (χ3n) is 4.43. The molecular weight excluding hydrogens is 344 g/mol. The Hall–Kier alpha value is -1.68. The highest BCUT2D eigenvalue weighted by atomic mass is 32.2. The zero-order valence-corrected chi connectivity index (χ0v) is 15.5. The Labute approximate surface area is 148 Å². The second-order valence-corrected chi connectivity index (χ2v) is 8.23. The van der Waals surface area contributed by atoms with Crippen molar-refractivity contribution in [3.05, 3.63) is 18.2 Å². The molecule has 138 valence electrons. The number of nitrogens with one attached hydrogen (secondary N) is 1. The molecule has 3 rings (SSSR count). The summed E-state index contributed by atoms with van der Waals surface area (Å²) in [4.78, 5) is 18.4. The number of carbonyl (C=O) groups excluding carboxylic acids is 1. The zero-order chi connectivity index (χ0) is 18.2. The van der Waals surface area contributed by atoms with Crippen molar-refractivity contribution in [3.63, 3.8) is 0 Å². The van der Waals surface area contributed by atoms with Crippen LogP contribution in [0.15, 0.2) is 23.1 Å². The van der Waals surface area contributed by atoms with Crippen LogP contribution in [-0.4, -0.2) is 70.1 Å². The predicted molar refractivity (Wildman–Crippen MR) is 94.0 cm³/mol. The van der Waals surface area contributed by atoms with E-state index in [9.17, 15) is 13.2 Å². The van der Waals surface area contributed by atoms with E-state index in [1.807, 2.05) is 14.0 Å². The van der Waals surface area contributed by atoms with Gasteiger partial charge in [0.1, 0.15) is 11.9 Å². The average Bonchev–Trinajstić information content (AvgIpc) is 2.55. The molecule has 1 aromatic rings. The molecule has 2 aliphatic heterocycles. The van der Waals surface area contributed by atoms with E-state index in [0.29, 0.717) is 31.1 Å². The lowest BCUT2D eigenvalue weighted by Crippen LogP contribution is -2.52. The molecule has 0 radical (unpaired) electrons. The number of anilines is 1. The van der Waals surface area contributed by atoms with Crippen LogP contribution in [0.5, 0.6) is 5.75 Å². The van der Waals surface area contributed by atoms with Gasteiger partial charge in [0, 0.05) is 33.1 Å². The number of likely N-dealkylation sites (N-methyl/N-ethyl adjacent to an activating group) is 1. The van der Waals surface area contributed by atoms with Crippen LogP contribution >= 0.6 is 0 Å². The molecule has 9 heteroatoms. The third kappa shape index (κ3) is 3.95. The van der Waals surface area contributed by atoms with E-state index in [4.69, 9.17) is 4.74 Å². The van der Waals surface area contributed by atoms with Crippen molar-refractivity contribution in [2.24, 2.45) is 0 Å². The van der Waals surface area contributed by atoms with Gasteiger partial charge in [0.25, 0.3) is 10.0 Å². The summed E-state index contributed by atoms with van der Waals surface area (Å²) >= 11 is 0. The van der Waals surface area contributed by atoms with Gasteiger partial charge >= 0.3 is 0 Å². The van der Waals surface area contributed by atoms with E-state index in [0.717, 1.165) is 13.1 Å². The molecule has 0 bridgehead atoms. The highest BCUT2D eigenvalue weighted by Gasteiger charge is 2.28. The standard InChI is InChI=1S/C16H24N4O4S/c1-12-11-20(13(2)21)15-10-14(4-5-16(15)24-12)25(22,23)17-19-8-6-18(3)7-9-19/h4-5,10,12,17H,6-9,11H2,1-3H3. The van der Waals surface area contributed by atoms with Gasteiger partial charge in [-0.05, 0) is 32.2 Å². The van der Waals surface area contributed by atoms with E-state index in [1.165, 1.54) is 19.1 Å². The number of hydrogen-bond acceptors (Lipinski definition) is 6. The number of nitrogens with zero attached hydrogens (tertiary/aromatic N) is 3. The molecule has 1 aromatic carbocycles. The fourth-order valence-electron chi connectivity index (χ4n) is 3.00. The molecule has 1 fully saturated rings. The summed E-state index contributed by atoms with van der Waals surface area (Å²) in [5.41, 5.74) is 0.492. The first-order chi connectivity index (χ1) is 11.8. The quantitative estimate of drug-likeness (QED) is 0.824. The molecule has 0 spiro atoms. The molecule has 1 atom stereocenters. The van der Waals surface area contributed by atoms with Gasteiger partial charge < -0.3 is 14.5 Å². The number of ether oxygens (including phenoxy) is 1. The summed E-state index contributed by atoms with van der Waals surface area (Å²) in [6.07, 6.45) is -0.137. The predicted octanol–water partition coefficient (Wildman–Crippen LogP) is 0.261. The van der Waals surface area contributed by atoms with Gasteiger partial charge in [-0.3, -0.25) is 4.79 Å². The summed E-state index contributed by atoms with van der Waals surface area (Å²) < 4.78 is 31.1. The van der Waals surface area contributed by atoms with E-state index >= 15 is 0 Å². The first kappa shape index (κ1) is 18.1. The average molecular weight is 368 g/mol. The lowest BCUT2D eigenvalue weighted by atomic mass is 10.2. The molecule has 0 aliphatic carbocycles. The Morgan fingerprint density at radius 3 is 2.56 bits per heavy atom. The molecular formula is C16H24N4O4S. The number of sulfonamides is 1. The SMILES string of the molecule is CC(=O)N1CC(C)Oc2ccc(S(=O)(=O)NN3CCN(C)CC3)cc21. The fourth-order valence-corrected chi connectivity index (χ4v) is 4.14. The minimum Gasteiger partial charge on any atom is -0.487 e. The monoisotopic (exact) mass is 368 g/mol. The molecule has 1 saturated heterocycles. The van der Waals surface area contributed by atoms with Crippen molar-refractivity contribution in [2.75, 3.05) is 44.7 Å². The van der Waals surface area contributed by atoms with Crippen molar-refractivity contribution in [1.29, 1.82) is 0 Å². The first-order valence-electron chi connectivity index (χ1n) is 8.31. The molecule has 1 N–H and O–H groups in total. The molecule has 1 amide bonds. The normalized spacial score (nSPS) is 22.4. The largest absolute Gasteiger partial charge is 0.487 e. The topological polar surface area (TPSA) is 82.2 Å². The maximum absolute atomic E-state index is 12.7. The Bertz CT molecular complexity index is 759. The maximum Gasteiger partial charge on any atom is 0.253 e. The van der Waals surface area contributed by atoms with Gasteiger partial charge in [-0.15, -0.1) is 4.83 Å². The third-order valence-corrected chi connectivity index (χ3v) is 5.81. The molecule has 1 unspecified atom stereocenters. The maximum atomic E-state index is 12.7. The molecule has 2 aliphatic rings. The van der Waals surface area contributed by atoms with Crippen molar-refractivity contribution in [1.82, 2.24) is 14.7 Å². The number of rotatable bonds is 3. The molecule has 2 heterocycles. The molecule has 0 saturated carbocycles. The van der Waals surface area contributed by atoms with E-state index in [2.05, 4.69) is 9.73 Å². The summed E-state index contributed by atoms with van der Waals surface area (Å²) in [6, 6.07) is 4.62. The van der Waals surface area contributed by atoms with Crippen molar-refractivity contribution >= 4 is 21.6 Å². The van der Waals surface area contributed by atoms with Crippen LogP contribution in [0, 0.1) is 0 Å². The van der Waals surface area contributed by atoms with Gasteiger partial charge in [0.15, 0.2) is 0 Å². The number of carbonyl (C=O) groups is 1. The summed E-state index contributed by atoms with van der Waals surface area (Å²) in [7, 11) is -1.70. The van der Waals surface area contributed by atoms with Crippen LogP contribution in [0.25, 0.3) is 0 Å². The minimum atomic E-state index is -3.71. The smallest absolute Gasteiger partial charge is 0.253 e. The van der Waals surface area contributed by atoms with Crippen LogP contribution in [0.4, 0.5) is 5.69 Å². The van der Waals surface area contributed by atoms with Crippen LogP contribution in [0.1, 0.15) is 13.8 Å². The van der Waals surface area contributed by atoms with Crippen molar-refractivity contribution < 1.29 is 17.9 Å². The Balaban J connectivity index is 1.85. The fraction of sp³-hybridized carbons (Fsp3) is 0.562. The highest BCUT2D eigenvalue weighted by Crippen LogP contribution is 2.35. The zero-order valence-electron chi connectivity index (χ0n) is 14.7. The van der Waals surface area contributed by atoms with Gasteiger partial charge in [0.05, 0.1) is 17.1 Å². The Morgan fingerprint density at radius 2 is 1.92 bits per heavy atom. The number of hydrogen-bond donors (Lipinski definition) is 1. The number of amides is 1. The van der Waals surface area contributed by atoms with Crippen LogP contribution in [0.2, 0.25) is 0 Å². The first-order valence-corrected chi connectivity index (χ1v) is 9.79. The number of piperazine rings is 1. The summed E-state index contributed by atoms with van der Waals surface area (Å²) in [5.74, 6) is 0.380. The summed E-state index contributed by atoms with van der Waals surface area (Å²) in [6.45, 7) is 6.59.